The van der Waals surface area contributed by atoms with Crippen molar-refractivity contribution in [2.45, 2.75) is 98.5 Å². The number of hydrogen-bond acceptors (Lipinski definition) is 23. The molecule has 3 saturated heterocycles. The van der Waals surface area contributed by atoms with Gasteiger partial charge >= 0.3 is 17.9 Å². The predicted octanol–water partition coefficient (Wildman–Crippen LogP) is -2.73. The largest absolute Gasteiger partial charge is 0.510 e. The van der Waals surface area contributed by atoms with Crippen LogP contribution in [0.15, 0.2) is 82.0 Å². The maximum absolute atomic E-state index is 13.1. The second kappa shape index (κ2) is 22.2. The highest BCUT2D eigenvalue weighted by atomic mass is 16.8. The van der Waals surface area contributed by atoms with Crippen LogP contribution in [0.3, 0.4) is 0 Å². The molecule has 5 aliphatic rings. The number of phenols is 2. The zero-order chi connectivity index (χ0) is 50.6. The average Bonchev–Trinajstić information content (AvgIpc) is 3.32. The highest BCUT2D eigenvalue weighted by molar-refractivity contribution is 5.90. The Hall–Kier alpha value is -6.30. The van der Waals surface area contributed by atoms with E-state index in [9.17, 15) is 75.3 Å². The number of carboxylic acid groups (broad SMARTS) is 1. The fraction of sp³-hybridized carbons (Fsp3) is 0.422. The molecule has 2 aromatic rings. The summed E-state index contributed by atoms with van der Waals surface area (Å²) in [6.45, 7) is -2.36. The summed E-state index contributed by atoms with van der Waals surface area (Å²) >= 11 is 0. The summed E-state index contributed by atoms with van der Waals surface area (Å²) in [5.74, 6) is -4.75. The number of aliphatic hydroxyl groups is 9. The Morgan fingerprint density at radius 1 is 0.643 bits per heavy atom. The zero-order valence-corrected chi connectivity index (χ0v) is 36.2. The lowest BCUT2D eigenvalue weighted by molar-refractivity contribution is -0.357. The number of carboxylic acids is 1. The van der Waals surface area contributed by atoms with Crippen LogP contribution in [-0.4, -0.2) is 196 Å². The molecule has 25 nitrogen and oxygen atoms in total. The lowest BCUT2D eigenvalue weighted by Crippen LogP contribution is -2.65. The Labute approximate surface area is 394 Å². The van der Waals surface area contributed by atoms with E-state index in [0.717, 1.165) is 18.2 Å². The van der Waals surface area contributed by atoms with E-state index >= 15 is 0 Å². The van der Waals surface area contributed by atoms with E-state index in [1.165, 1.54) is 48.5 Å². The van der Waals surface area contributed by atoms with Crippen molar-refractivity contribution in [2.24, 2.45) is 0 Å². The molecule has 3 fully saturated rings. The molecule has 7 rings (SSSR count). The quantitative estimate of drug-likeness (QED) is 0.0235. The second-order valence-electron chi connectivity index (χ2n) is 16.2. The van der Waals surface area contributed by atoms with Crippen LogP contribution in [0, 0.1) is 0 Å². The van der Waals surface area contributed by atoms with Crippen LogP contribution in [0.4, 0.5) is 0 Å². The topological polar surface area (TPSA) is 402 Å². The number of rotatable bonds is 16. The molecule has 2 aromatic carbocycles. The molecule has 25 heteroatoms. The normalized spacial score (nSPS) is 31.2. The molecule has 15 atom stereocenters. The Morgan fingerprint density at radius 3 is 1.83 bits per heavy atom. The van der Waals surface area contributed by atoms with Gasteiger partial charge in [-0.15, -0.1) is 0 Å². The minimum absolute atomic E-state index is 0.00961. The Bertz CT molecular complexity index is 2490. The molecule has 1 aliphatic carbocycles. The van der Waals surface area contributed by atoms with E-state index in [4.69, 9.17) is 47.4 Å². The molecular weight excluding hydrogens is 940 g/mol. The number of fused-ring (bicyclic) bond motifs is 1. The summed E-state index contributed by atoms with van der Waals surface area (Å²) in [5, 5.41) is 126. The smallest absolute Gasteiger partial charge is 0.508 e. The fourth-order valence-corrected chi connectivity index (χ4v) is 7.50. The van der Waals surface area contributed by atoms with E-state index < -0.39 is 147 Å². The highest BCUT2D eigenvalue weighted by Gasteiger charge is 2.52. The minimum atomic E-state index is -2.06. The van der Waals surface area contributed by atoms with Gasteiger partial charge < -0.3 is 108 Å². The number of aromatic hydroxyl groups is 2. The highest BCUT2D eigenvalue weighted by Crippen LogP contribution is 2.43. The summed E-state index contributed by atoms with van der Waals surface area (Å²) in [7, 11) is 0. The van der Waals surface area contributed by atoms with Crippen molar-refractivity contribution in [3.63, 3.8) is 0 Å². The van der Waals surface area contributed by atoms with Gasteiger partial charge in [-0.05, 0) is 54.1 Å². The van der Waals surface area contributed by atoms with Crippen molar-refractivity contribution in [1.29, 1.82) is 0 Å². The van der Waals surface area contributed by atoms with E-state index in [1.54, 1.807) is 12.1 Å². The number of carbonyl (C=O) groups is 2. The van der Waals surface area contributed by atoms with E-state index in [0.29, 0.717) is 5.56 Å². The number of aliphatic carboxylic acids is 1. The molecule has 0 saturated carbocycles. The standard InChI is InChI=1S/C45H48O25/c46-15-27-33(54)38(59)42(70-44-40(61)37(58)34(55)28(69-44)16-62-31(52)10-3-18-1-6-20(47)7-2-18)45(67-27)66-26-13-23-24(64-41(26)19-4-8-21(48)9-5-19)11-22(49)12-25(23)65-43-39(60)36(57)35(56)29(68-43)17-63-32(53)14-30(50)51/h1-13,27-29,33-40,42-48,54-61H,14-17H2,(H,50,51)/p+1/t27-,28-,29-,33-,34-,35-,36+,37+,38+,39-,40-,42-,43-,44+,45-/m1/s1. The average molecular weight is 990 g/mol. The van der Waals surface area contributed by atoms with E-state index in [2.05, 4.69) is 0 Å². The molecule has 70 heavy (non-hydrogen) atoms. The third-order valence-corrected chi connectivity index (χ3v) is 11.3. The van der Waals surface area contributed by atoms with Crippen LogP contribution in [-0.2, 0) is 38.0 Å². The van der Waals surface area contributed by atoms with Crippen LogP contribution in [0.2, 0.25) is 0 Å². The van der Waals surface area contributed by atoms with Gasteiger partial charge in [0, 0.05) is 17.7 Å². The number of hydrogen-bond donors (Lipinski definition) is 12. The molecule has 0 unspecified atom stereocenters. The molecule has 13 N–H and O–H groups in total. The molecule has 0 radical (unpaired) electrons. The van der Waals surface area contributed by atoms with Crippen molar-refractivity contribution in [3.8, 4) is 45.6 Å². The van der Waals surface area contributed by atoms with Crippen LogP contribution >= 0.6 is 0 Å². The lowest BCUT2D eigenvalue weighted by Gasteiger charge is -2.45. The summed E-state index contributed by atoms with van der Waals surface area (Å²) in [6.07, 6.45) is -26.6. The second-order valence-corrected chi connectivity index (χ2v) is 16.2. The SMILES string of the molecule is O=C(O)CC(=O)OC[C@H]1O[C@@H](Oc2cc(=O)cc3oc(-c4ccc(O)cc4)c(O[C@@H]4O[C@H](CO)[C@@H](O)[C@H](O)[C@H]4O[C@@H]4O[C@H](COC(=[OH+])C=Cc5ccc(O)cc5)[C@@H](O)[C@H](O)[C@H]4O)cc2-3)[C@H](O)[C@@H](O)[C@@H]1O. The molecule has 0 amide bonds. The number of aliphatic hydroxyl groups excluding tert-OH is 9. The van der Waals surface area contributed by atoms with Gasteiger partial charge in [-0.2, -0.15) is 0 Å². The predicted molar refractivity (Wildman–Crippen MR) is 229 cm³/mol. The number of ether oxygens (including phenoxy) is 8. The van der Waals surface area contributed by atoms with Crippen molar-refractivity contribution in [3.05, 3.63) is 88.6 Å². The summed E-state index contributed by atoms with van der Waals surface area (Å²) < 4.78 is 51.6. The van der Waals surface area contributed by atoms with Gasteiger partial charge in [-0.3, -0.25) is 14.4 Å². The first-order chi connectivity index (χ1) is 33.3. The maximum Gasteiger partial charge on any atom is 0.510 e. The zero-order valence-electron chi connectivity index (χ0n) is 36.2. The number of esters is 2. The molecule has 378 valence electrons. The summed E-state index contributed by atoms with van der Waals surface area (Å²) in [4.78, 5) is 46.3. The van der Waals surface area contributed by atoms with Crippen LogP contribution in [0.5, 0.6) is 23.0 Å². The van der Waals surface area contributed by atoms with E-state index in [-0.39, 0.29) is 39.9 Å². The first kappa shape index (κ1) is 51.5. The lowest BCUT2D eigenvalue weighted by atomic mass is 9.97. The number of benzene rings is 3. The van der Waals surface area contributed by atoms with Crippen molar-refractivity contribution >= 4 is 24.0 Å². The van der Waals surface area contributed by atoms with Gasteiger partial charge in [0.25, 0.3) is 0 Å². The third kappa shape index (κ3) is 11.8. The number of carbonyl (C=O) groups excluding carboxylic acids is 2. The van der Waals surface area contributed by atoms with Gasteiger partial charge in [0.15, 0.2) is 29.3 Å². The van der Waals surface area contributed by atoms with E-state index in [1.807, 2.05) is 0 Å². The van der Waals surface area contributed by atoms with Gasteiger partial charge in [0.2, 0.25) is 19.2 Å². The Morgan fingerprint density at radius 2 is 1.20 bits per heavy atom. The molecule has 4 aliphatic heterocycles. The van der Waals surface area contributed by atoms with Crippen molar-refractivity contribution in [1.82, 2.24) is 0 Å². The van der Waals surface area contributed by atoms with Crippen molar-refractivity contribution < 1.29 is 118 Å². The van der Waals surface area contributed by atoms with Crippen LogP contribution < -0.4 is 14.9 Å². The van der Waals surface area contributed by atoms with Gasteiger partial charge in [0.05, 0.1) is 18.2 Å². The number of phenolic OH excluding ortho intramolecular Hbond substituents is 2. The third-order valence-electron chi connectivity index (χ3n) is 11.3. The van der Waals surface area contributed by atoms with Crippen LogP contribution in [0.25, 0.3) is 28.7 Å². The van der Waals surface area contributed by atoms with Crippen molar-refractivity contribution in [2.75, 3.05) is 19.8 Å². The first-order valence-corrected chi connectivity index (χ1v) is 21.3. The monoisotopic (exact) mass is 989 g/mol. The van der Waals surface area contributed by atoms with Gasteiger partial charge in [-0.1, -0.05) is 12.1 Å². The minimum Gasteiger partial charge on any atom is -0.508 e. The maximum atomic E-state index is 13.1. The van der Waals surface area contributed by atoms with Gasteiger partial charge in [0.1, 0.15) is 103 Å². The molecular formula is C45H49O25+. The molecule has 4 heterocycles. The molecule has 0 bridgehead atoms. The summed E-state index contributed by atoms with van der Waals surface area (Å²) in [5.41, 5.74) is -0.135. The summed E-state index contributed by atoms with van der Waals surface area (Å²) in [6, 6.07) is 14.3. The van der Waals surface area contributed by atoms with Crippen LogP contribution in [0.1, 0.15) is 12.0 Å². The fourth-order valence-electron chi connectivity index (χ4n) is 7.50. The first-order valence-electron chi connectivity index (χ1n) is 21.3. The molecule has 0 aromatic heterocycles. The Kier molecular flexibility index (Phi) is 16.3. The van der Waals surface area contributed by atoms with Gasteiger partial charge in [-0.25, -0.2) is 0 Å². The molecule has 0 spiro atoms. The Balaban J connectivity index is 1.18.